The molecule has 1 heterocycles. The second-order valence-corrected chi connectivity index (χ2v) is 5.15. The van der Waals surface area contributed by atoms with Gasteiger partial charge in [0.05, 0.1) is 5.69 Å². The molecule has 0 saturated carbocycles. The first-order valence-electron chi connectivity index (χ1n) is 6.76. The largest absolute Gasteiger partial charge is 0.361 e. The second-order valence-electron chi connectivity index (χ2n) is 5.15. The van der Waals surface area contributed by atoms with Crippen LogP contribution in [0.4, 0.5) is 5.69 Å². The van der Waals surface area contributed by atoms with Gasteiger partial charge >= 0.3 is 0 Å². The molecule has 0 spiro atoms. The number of hydrogen-bond donors (Lipinski definition) is 1. The fraction of sp³-hybridized carbons (Fsp3) is 0.375. The number of amides is 1. The Morgan fingerprint density at radius 3 is 2.55 bits per heavy atom. The quantitative estimate of drug-likeness (QED) is 0.927. The fourth-order valence-electron chi connectivity index (χ4n) is 2.14. The summed E-state index contributed by atoms with van der Waals surface area (Å²) in [6.07, 6.45) is 1.08. The lowest BCUT2D eigenvalue weighted by Gasteiger charge is -2.07. The minimum atomic E-state index is 0.00764. The number of benzene rings is 1. The second kappa shape index (κ2) is 5.90. The van der Waals surface area contributed by atoms with E-state index in [9.17, 15) is 4.79 Å². The lowest BCUT2D eigenvalue weighted by molar-refractivity contribution is -0.116. The van der Waals surface area contributed by atoms with E-state index in [1.807, 2.05) is 39.0 Å². The normalized spacial score (nSPS) is 10.6. The van der Waals surface area contributed by atoms with Crippen LogP contribution < -0.4 is 5.32 Å². The zero-order valence-corrected chi connectivity index (χ0v) is 12.4. The molecule has 106 valence electrons. The molecule has 2 aromatic rings. The van der Waals surface area contributed by atoms with Crippen LogP contribution in [0, 0.1) is 27.7 Å². The number of aromatic nitrogens is 1. The van der Waals surface area contributed by atoms with Crippen LogP contribution in [0.2, 0.25) is 0 Å². The number of anilines is 1. The van der Waals surface area contributed by atoms with Crippen molar-refractivity contribution in [2.24, 2.45) is 0 Å². The molecular weight excluding hydrogens is 252 g/mol. The molecule has 1 aromatic carbocycles. The summed E-state index contributed by atoms with van der Waals surface area (Å²) in [4.78, 5) is 12.0. The maximum atomic E-state index is 12.0. The van der Waals surface area contributed by atoms with Crippen molar-refractivity contribution in [2.75, 3.05) is 5.32 Å². The first-order valence-corrected chi connectivity index (χ1v) is 6.76. The summed E-state index contributed by atoms with van der Waals surface area (Å²) in [5.74, 6) is 0.801. The van der Waals surface area contributed by atoms with Crippen molar-refractivity contribution in [1.82, 2.24) is 5.16 Å². The third-order valence-corrected chi connectivity index (χ3v) is 3.57. The van der Waals surface area contributed by atoms with Crippen LogP contribution in [0.25, 0.3) is 0 Å². The molecule has 0 unspecified atom stereocenters. The molecule has 0 saturated heterocycles. The molecule has 0 atom stereocenters. The van der Waals surface area contributed by atoms with Gasteiger partial charge in [0.2, 0.25) is 5.91 Å². The van der Waals surface area contributed by atoms with Crippen LogP contribution in [0.3, 0.4) is 0 Å². The van der Waals surface area contributed by atoms with E-state index >= 15 is 0 Å². The van der Waals surface area contributed by atoms with Crippen molar-refractivity contribution in [2.45, 2.75) is 40.5 Å². The van der Waals surface area contributed by atoms with E-state index in [1.54, 1.807) is 0 Å². The third-order valence-electron chi connectivity index (χ3n) is 3.57. The zero-order valence-electron chi connectivity index (χ0n) is 12.4. The number of hydrogen-bond acceptors (Lipinski definition) is 3. The standard InChI is InChI=1S/C16H20N2O2/c1-10-5-6-14(9-11(10)2)17-16(19)8-7-15-12(3)18-20-13(15)4/h5-6,9H,7-8H2,1-4H3,(H,17,19). The smallest absolute Gasteiger partial charge is 0.224 e. The number of rotatable bonds is 4. The highest BCUT2D eigenvalue weighted by Crippen LogP contribution is 2.16. The molecule has 0 radical (unpaired) electrons. The summed E-state index contributed by atoms with van der Waals surface area (Å²) in [7, 11) is 0. The predicted octanol–water partition coefficient (Wildman–Crippen LogP) is 3.48. The molecule has 0 aliphatic rings. The molecule has 0 aliphatic carbocycles. The number of nitrogens with one attached hydrogen (secondary N) is 1. The van der Waals surface area contributed by atoms with Gasteiger partial charge in [-0.05, 0) is 57.4 Å². The third kappa shape index (κ3) is 3.26. The van der Waals surface area contributed by atoms with Crippen LogP contribution in [-0.2, 0) is 11.2 Å². The van der Waals surface area contributed by atoms with Crippen LogP contribution in [0.15, 0.2) is 22.7 Å². The summed E-state index contributed by atoms with van der Waals surface area (Å²) in [6.45, 7) is 7.86. The van der Waals surface area contributed by atoms with Gasteiger partial charge < -0.3 is 9.84 Å². The summed E-state index contributed by atoms with van der Waals surface area (Å²) < 4.78 is 5.09. The lowest BCUT2D eigenvalue weighted by Crippen LogP contribution is -2.12. The van der Waals surface area contributed by atoms with E-state index in [1.165, 1.54) is 11.1 Å². The Morgan fingerprint density at radius 2 is 1.95 bits per heavy atom. The van der Waals surface area contributed by atoms with Crippen molar-refractivity contribution in [3.05, 3.63) is 46.3 Å². The Hall–Kier alpha value is -2.10. The Labute approximate surface area is 119 Å². The van der Waals surface area contributed by atoms with Gasteiger partial charge in [0.25, 0.3) is 0 Å². The number of carbonyl (C=O) groups is 1. The van der Waals surface area contributed by atoms with Crippen LogP contribution >= 0.6 is 0 Å². The van der Waals surface area contributed by atoms with E-state index in [-0.39, 0.29) is 5.91 Å². The van der Waals surface area contributed by atoms with Gasteiger partial charge in [-0.15, -0.1) is 0 Å². The molecule has 0 bridgehead atoms. The molecule has 1 aromatic heterocycles. The van der Waals surface area contributed by atoms with Gasteiger partial charge in [-0.2, -0.15) is 0 Å². The first-order chi connectivity index (χ1) is 9.47. The minimum absolute atomic E-state index is 0.00764. The topological polar surface area (TPSA) is 55.1 Å². The van der Waals surface area contributed by atoms with E-state index in [2.05, 4.69) is 17.4 Å². The lowest BCUT2D eigenvalue weighted by atomic mass is 10.1. The van der Waals surface area contributed by atoms with Gasteiger partial charge in [-0.1, -0.05) is 11.2 Å². The Morgan fingerprint density at radius 1 is 1.20 bits per heavy atom. The average molecular weight is 272 g/mol. The summed E-state index contributed by atoms with van der Waals surface area (Å²) >= 11 is 0. The van der Waals surface area contributed by atoms with Crippen molar-refractivity contribution in [3.63, 3.8) is 0 Å². The number of nitrogens with zero attached hydrogens (tertiary/aromatic N) is 1. The van der Waals surface area contributed by atoms with Gasteiger partial charge in [-0.25, -0.2) is 0 Å². The van der Waals surface area contributed by atoms with Gasteiger partial charge in [0.1, 0.15) is 5.76 Å². The van der Waals surface area contributed by atoms with Gasteiger partial charge in [0, 0.05) is 17.7 Å². The number of aryl methyl sites for hydroxylation is 4. The van der Waals surface area contributed by atoms with E-state index in [0.717, 1.165) is 22.7 Å². The molecule has 0 aliphatic heterocycles. The van der Waals surface area contributed by atoms with Crippen molar-refractivity contribution < 1.29 is 9.32 Å². The fourth-order valence-corrected chi connectivity index (χ4v) is 2.14. The highest BCUT2D eigenvalue weighted by molar-refractivity contribution is 5.91. The monoisotopic (exact) mass is 272 g/mol. The summed E-state index contributed by atoms with van der Waals surface area (Å²) in [6, 6.07) is 5.93. The van der Waals surface area contributed by atoms with Gasteiger partial charge in [0.15, 0.2) is 0 Å². The minimum Gasteiger partial charge on any atom is -0.361 e. The Balaban J connectivity index is 1.94. The highest BCUT2D eigenvalue weighted by Gasteiger charge is 2.11. The Bertz CT molecular complexity index is 610. The van der Waals surface area contributed by atoms with Crippen molar-refractivity contribution in [3.8, 4) is 0 Å². The van der Waals surface area contributed by atoms with E-state index < -0.39 is 0 Å². The summed E-state index contributed by atoms with van der Waals surface area (Å²) in [5.41, 5.74) is 5.13. The summed E-state index contributed by atoms with van der Waals surface area (Å²) in [5, 5.41) is 6.81. The van der Waals surface area contributed by atoms with Gasteiger partial charge in [-0.3, -0.25) is 4.79 Å². The molecule has 0 fully saturated rings. The van der Waals surface area contributed by atoms with E-state index in [0.29, 0.717) is 12.8 Å². The molecule has 1 amide bonds. The average Bonchev–Trinajstić information content (AvgIpc) is 2.71. The van der Waals surface area contributed by atoms with Crippen LogP contribution in [0.1, 0.15) is 34.6 Å². The van der Waals surface area contributed by atoms with Crippen LogP contribution in [-0.4, -0.2) is 11.1 Å². The molecule has 4 nitrogen and oxygen atoms in total. The van der Waals surface area contributed by atoms with Crippen molar-refractivity contribution >= 4 is 11.6 Å². The first kappa shape index (κ1) is 14.3. The van der Waals surface area contributed by atoms with Crippen molar-refractivity contribution in [1.29, 1.82) is 0 Å². The number of carbonyl (C=O) groups excluding carboxylic acids is 1. The van der Waals surface area contributed by atoms with E-state index in [4.69, 9.17) is 4.52 Å². The maximum absolute atomic E-state index is 12.0. The predicted molar refractivity (Wildman–Crippen MR) is 78.8 cm³/mol. The molecule has 2 rings (SSSR count). The zero-order chi connectivity index (χ0) is 14.7. The SMILES string of the molecule is Cc1ccc(NC(=O)CCc2c(C)noc2C)cc1C. The molecule has 20 heavy (non-hydrogen) atoms. The molecule has 4 heteroatoms. The Kier molecular flexibility index (Phi) is 4.23. The van der Waals surface area contributed by atoms with Crippen LogP contribution in [0.5, 0.6) is 0 Å². The maximum Gasteiger partial charge on any atom is 0.224 e. The molecular formula is C16H20N2O2. The highest BCUT2D eigenvalue weighted by atomic mass is 16.5. The molecule has 1 N–H and O–H groups in total.